The fraction of sp³-hybridized carbons (Fsp3) is 0.308. The fourth-order valence-electron chi connectivity index (χ4n) is 4.41. The van der Waals surface area contributed by atoms with Crippen LogP contribution in [0.25, 0.3) is 10.9 Å². The molecule has 0 aliphatic carbocycles. The Labute approximate surface area is 223 Å². The SMILES string of the molecule is COc1cccc2[nH]c(C(=O)N[C@@H](Cc3cc(Cl)cc(Cl)c3)C(=O)N[C@H](C#N)CC3CCNC3=O)cc12. The predicted octanol–water partition coefficient (Wildman–Crippen LogP) is 3.36. The van der Waals surface area contributed by atoms with Crippen LogP contribution in [0.3, 0.4) is 0 Å². The number of nitrogens with one attached hydrogen (secondary N) is 4. The second-order valence-electron chi connectivity index (χ2n) is 8.81. The molecule has 0 spiro atoms. The minimum Gasteiger partial charge on any atom is -0.496 e. The number of benzene rings is 2. The van der Waals surface area contributed by atoms with E-state index in [4.69, 9.17) is 27.9 Å². The summed E-state index contributed by atoms with van der Waals surface area (Å²) in [5, 5.41) is 19.3. The van der Waals surface area contributed by atoms with E-state index in [9.17, 15) is 19.6 Å². The summed E-state index contributed by atoms with van der Waals surface area (Å²) in [5.41, 5.74) is 1.56. The molecular formula is C26H25Cl2N5O4. The van der Waals surface area contributed by atoms with Gasteiger partial charge in [-0.3, -0.25) is 14.4 Å². The van der Waals surface area contributed by atoms with E-state index in [0.717, 1.165) is 5.39 Å². The van der Waals surface area contributed by atoms with E-state index in [1.165, 1.54) is 0 Å². The third kappa shape index (κ3) is 6.34. The summed E-state index contributed by atoms with van der Waals surface area (Å²) in [6.07, 6.45) is 0.848. The summed E-state index contributed by atoms with van der Waals surface area (Å²) in [4.78, 5) is 41.5. The molecule has 0 radical (unpaired) electrons. The average molecular weight is 542 g/mol. The number of carbonyl (C=O) groups excluding carboxylic acids is 3. The quantitative estimate of drug-likeness (QED) is 0.329. The van der Waals surface area contributed by atoms with Gasteiger partial charge in [-0.05, 0) is 54.8 Å². The standard InChI is InChI=1S/C26H25Cl2N5O4/c1-37-23-4-2-3-20-19(23)12-22(32-20)26(36)33-21(9-14-7-16(27)11-17(28)8-14)25(35)31-18(13-29)10-15-5-6-30-24(15)34/h2-4,7-8,11-12,15,18,21,32H,5-6,9-10H2,1H3,(H,30,34)(H,31,35)(H,33,36)/t15?,18-,21-/m0/s1. The Hall–Kier alpha value is -3.74. The zero-order chi connectivity index (χ0) is 26.5. The topological polar surface area (TPSA) is 136 Å². The van der Waals surface area contributed by atoms with Gasteiger partial charge in [-0.25, -0.2) is 0 Å². The van der Waals surface area contributed by atoms with Gasteiger partial charge in [0.1, 0.15) is 23.5 Å². The van der Waals surface area contributed by atoms with E-state index in [0.29, 0.717) is 39.8 Å². The zero-order valence-electron chi connectivity index (χ0n) is 19.9. The monoisotopic (exact) mass is 541 g/mol. The number of nitrogens with zero attached hydrogens (tertiary/aromatic N) is 1. The summed E-state index contributed by atoms with van der Waals surface area (Å²) < 4.78 is 5.36. The molecule has 0 bridgehead atoms. The smallest absolute Gasteiger partial charge is 0.268 e. The lowest BCUT2D eigenvalue weighted by Gasteiger charge is -2.21. The fourth-order valence-corrected chi connectivity index (χ4v) is 4.98. The van der Waals surface area contributed by atoms with Crippen LogP contribution in [0.2, 0.25) is 10.0 Å². The number of aromatic nitrogens is 1. The zero-order valence-corrected chi connectivity index (χ0v) is 21.4. The van der Waals surface area contributed by atoms with Crippen LogP contribution in [0, 0.1) is 17.2 Å². The first-order valence-corrected chi connectivity index (χ1v) is 12.4. The number of methoxy groups -OCH3 is 1. The van der Waals surface area contributed by atoms with Gasteiger partial charge in [0, 0.05) is 39.8 Å². The van der Waals surface area contributed by atoms with Crippen molar-refractivity contribution in [2.75, 3.05) is 13.7 Å². The average Bonchev–Trinajstić information content (AvgIpc) is 3.48. The van der Waals surface area contributed by atoms with Gasteiger partial charge in [0.15, 0.2) is 0 Å². The lowest BCUT2D eigenvalue weighted by molar-refractivity contribution is -0.125. The minimum absolute atomic E-state index is 0.0729. The van der Waals surface area contributed by atoms with Crippen LogP contribution in [0.1, 0.15) is 28.9 Å². The molecular weight excluding hydrogens is 517 g/mol. The first-order valence-electron chi connectivity index (χ1n) is 11.7. The van der Waals surface area contributed by atoms with Crippen molar-refractivity contribution >= 4 is 51.8 Å². The van der Waals surface area contributed by atoms with Gasteiger partial charge in [-0.1, -0.05) is 29.3 Å². The van der Waals surface area contributed by atoms with E-state index in [2.05, 4.69) is 20.9 Å². The molecule has 3 amide bonds. The van der Waals surface area contributed by atoms with Crippen molar-refractivity contribution in [1.82, 2.24) is 20.9 Å². The van der Waals surface area contributed by atoms with Crippen molar-refractivity contribution in [3.8, 4) is 11.8 Å². The van der Waals surface area contributed by atoms with E-state index in [1.54, 1.807) is 43.5 Å². The van der Waals surface area contributed by atoms with Crippen molar-refractivity contribution in [3.05, 3.63) is 63.8 Å². The Kier molecular flexibility index (Phi) is 8.21. The number of fused-ring (bicyclic) bond motifs is 1. The first kappa shape index (κ1) is 26.3. The largest absolute Gasteiger partial charge is 0.496 e. The molecule has 4 rings (SSSR count). The van der Waals surface area contributed by atoms with Crippen LogP contribution in [-0.4, -0.2) is 48.4 Å². The van der Waals surface area contributed by atoms with Crippen molar-refractivity contribution in [3.63, 3.8) is 0 Å². The van der Waals surface area contributed by atoms with E-state index in [1.807, 2.05) is 12.1 Å². The van der Waals surface area contributed by atoms with Gasteiger partial charge in [0.05, 0.1) is 13.2 Å². The normalized spacial score (nSPS) is 16.5. The molecule has 1 aromatic heterocycles. The highest BCUT2D eigenvalue weighted by Crippen LogP contribution is 2.26. The molecule has 3 atom stereocenters. The van der Waals surface area contributed by atoms with Gasteiger partial charge in [0.2, 0.25) is 11.8 Å². The number of halogens is 2. The number of carbonyl (C=O) groups is 3. The molecule has 11 heteroatoms. The van der Waals surface area contributed by atoms with E-state index in [-0.39, 0.29) is 30.4 Å². The minimum atomic E-state index is -1.05. The van der Waals surface area contributed by atoms with Crippen LogP contribution in [-0.2, 0) is 16.0 Å². The van der Waals surface area contributed by atoms with Crippen LogP contribution in [0.5, 0.6) is 5.75 Å². The molecule has 1 unspecified atom stereocenters. The molecule has 192 valence electrons. The van der Waals surface area contributed by atoms with Gasteiger partial charge in [-0.2, -0.15) is 5.26 Å². The molecule has 37 heavy (non-hydrogen) atoms. The number of amides is 3. The van der Waals surface area contributed by atoms with Crippen molar-refractivity contribution in [2.24, 2.45) is 5.92 Å². The molecule has 4 N–H and O–H groups in total. The maximum atomic E-state index is 13.3. The van der Waals surface area contributed by atoms with Crippen LogP contribution in [0.4, 0.5) is 0 Å². The number of rotatable bonds is 9. The number of nitriles is 1. The number of hydrogen-bond acceptors (Lipinski definition) is 5. The molecule has 1 fully saturated rings. The summed E-state index contributed by atoms with van der Waals surface area (Å²) in [5.74, 6) is -0.977. The molecule has 0 saturated carbocycles. The third-order valence-electron chi connectivity index (χ3n) is 6.23. The summed E-state index contributed by atoms with van der Waals surface area (Å²) in [6.45, 7) is 0.541. The van der Waals surface area contributed by atoms with Gasteiger partial charge < -0.3 is 25.7 Å². The summed E-state index contributed by atoms with van der Waals surface area (Å²) in [6, 6.07) is 12.0. The molecule has 1 aliphatic heterocycles. The Balaban J connectivity index is 1.56. The van der Waals surface area contributed by atoms with Crippen molar-refractivity contribution in [2.45, 2.75) is 31.3 Å². The van der Waals surface area contributed by atoms with Crippen LogP contribution in [0.15, 0.2) is 42.5 Å². The molecule has 2 heterocycles. The highest BCUT2D eigenvalue weighted by molar-refractivity contribution is 6.34. The second kappa shape index (κ2) is 11.5. The molecule has 1 aliphatic rings. The Morgan fingerprint density at radius 1 is 1.19 bits per heavy atom. The second-order valence-corrected chi connectivity index (χ2v) is 9.69. The predicted molar refractivity (Wildman–Crippen MR) is 140 cm³/mol. The highest BCUT2D eigenvalue weighted by atomic mass is 35.5. The van der Waals surface area contributed by atoms with Crippen molar-refractivity contribution < 1.29 is 19.1 Å². The Bertz CT molecular complexity index is 1360. The van der Waals surface area contributed by atoms with Gasteiger partial charge in [-0.15, -0.1) is 0 Å². The molecule has 3 aromatic rings. The van der Waals surface area contributed by atoms with Crippen LogP contribution < -0.4 is 20.7 Å². The Morgan fingerprint density at radius 3 is 2.59 bits per heavy atom. The number of ether oxygens (including phenoxy) is 1. The summed E-state index contributed by atoms with van der Waals surface area (Å²) >= 11 is 12.3. The van der Waals surface area contributed by atoms with Gasteiger partial charge in [0.25, 0.3) is 5.91 Å². The molecule has 2 aromatic carbocycles. The number of aromatic amines is 1. The lowest BCUT2D eigenvalue weighted by Crippen LogP contribution is -2.51. The molecule has 9 nitrogen and oxygen atoms in total. The maximum Gasteiger partial charge on any atom is 0.268 e. The van der Waals surface area contributed by atoms with Crippen molar-refractivity contribution in [1.29, 1.82) is 5.26 Å². The van der Waals surface area contributed by atoms with E-state index < -0.39 is 23.9 Å². The highest BCUT2D eigenvalue weighted by Gasteiger charge is 2.30. The van der Waals surface area contributed by atoms with Crippen LogP contribution >= 0.6 is 23.2 Å². The maximum absolute atomic E-state index is 13.3. The van der Waals surface area contributed by atoms with E-state index >= 15 is 0 Å². The molecule has 1 saturated heterocycles. The van der Waals surface area contributed by atoms with Gasteiger partial charge >= 0.3 is 0 Å². The Morgan fingerprint density at radius 2 is 1.95 bits per heavy atom. The summed E-state index contributed by atoms with van der Waals surface area (Å²) in [7, 11) is 1.54. The first-order chi connectivity index (χ1) is 17.8. The lowest BCUT2D eigenvalue weighted by atomic mass is 9.98. The number of hydrogen-bond donors (Lipinski definition) is 4. The third-order valence-corrected chi connectivity index (χ3v) is 6.66. The number of H-pyrrole nitrogens is 1.